The van der Waals surface area contributed by atoms with Crippen molar-refractivity contribution >= 4 is 0 Å². The van der Waals surface area contributed by atoms with Crippen LogP contribution in [-0.4, -0.2) is 72.1 Å². The molecule has 1 spiro atoms. The highest BCUT2D eigenvalue weighted by Crippen LogP contribution is 2.42. The minimum absolute atomic E-state index is 0.348. The first-order chi connectivity index (χ1) is 10.8. The molecule has 3 aliphatic heterocycles. The van der Waals surface area contributed by atoms with Crippen LogP contribution < -0.4 is 0 Å². The van der Waals surface area contributed by atoms with E-state index in [1.807, 2.05) is 0 Å². The minimum Gasteiger partial charge on any atom is -0.302 e. The lowest BCUT2D eigenvalue weighted by atomic mass is 9.86. The fraction of sp³-hybridized carbons (Fsp3) is 1.00. The maximum Gasteiger partial charge on any atom is 0.0125 e. The van der Waals surface area contributed by atoms with Crippen molar-refractivity contribution in [3.8, 4) is 0 Å². The summed E-state index contributed by atoms with van der Waals surface area (Å²) in [5.74, 6) is 0.945. The predicted octanol–water partition coefficient (Wildman–Crippen LogP) is 3.30. The first-order valence-electron chi connectivity index (χ1n) is 9.99. The summed E-state index contributed by atoms with van der Waals surface area (Å²) in [6, 6.07) is 0.730. The van der Waals surface area contributed by atoms with Crippen molar-refractivity contribution < 1.29 is 0 Å². The summed E-state index contributed by atoms with van der Waals surface area (Å²) in [6.45, 7) is 21.2. The van der Waals surface area contributed by atoms with Gasteiger partial charge in [-0.05, 0) is 97.8 Å². The Balaban J connectivity index is 1.46. The quantitative estimate of drug-likeness (QED) is 0.790. The molecular formula is C20H39N3. The van der Waals surface area contributed by atoms with Gasteiger partial charge in [-0.3, -0.25) is 4.90 Å². The van der Waals surface area contributed by atoms with Crippen LogP contribution in [0.4, 0.5) is 0 Å². The Morgan fingerprint density at radius 1 is 0.957 bits per heavy atom. The van der Waals surface area contributed by atoms with Crippen molar-refractivity contribution in [2.45, 2.75) is 71.9 Å². The van der Waals surface area contributed by atoms with Crippen molar-refractivity contribution in [3.63, 3.8) is 0 Å². The van der Waals surface area contributed by atoms with Crippen LogP contribution in [0.3, 0.4) is 0 Å². The molecule has 3 rings (SSSR count). The Morgan fingerprint density at radius 3 is 2.17 bits per heavy atom. The Morgan fingerprint density at radius 2 is 1.61 bits per heavy atom. The predicted molar refractivity (Wildman–Crippen MR) is 98.9 cm³/mol. The van der Waals surface area contributed by atoms with Crippen molar-refractivity contribution in [1.29, 1.82) is 0 Å². The standard InChI is InChI=1S/C20H39N3/c1-17(2)22-10-6-18(7-11-22)14-21-12-8-20(15-21)9-13-23(16-20)19(3,4)5/h17-18H,6-16H2,1-5H3. The SMILES string of the molecule is CC(C)N1CCC(CN2CCC3(CCN(C(C)(C)C)C3)C2)CC1. The molecule has 0 N–H and O–H groups in total. The van der Waals surface area contributed by atoms with Crippen molar-refractivity contribution in [3.05, 3.63) is 0 Å². The molecule has 0 bridgehead atoms. The van der Waals surface area contributed by atoms with Crippen molar-refractivity contribution in [1.82, 2.24) is 14.7 Å². The summed E-state index contributed by atoms with van der Waals surface area (Å²) in [7, 11) is 0. The Bertz CT molecular complexity index is 392. The second-order valence-electron chi connectivity index (χ2n) is 9.90. The molecule has 3 aliphatic rings. The van der Waals surface area contributed by atoms with Gasteiger partial charge >= 0.3 is 0 Å². The van der Waals surface area contributed by atoms with Gasteiger partial charge in [0.25, 0.3) is 0 Å². The van der Waals surface area contributed by atoms with Gasteiger partial charge in [0.05, 0.1) is 0 Å². The van der Waals surface area contributed by atoms with E-state index in [-0.39, 0.29) is 0 Å². The van der Waals surface area contributed by atoms with Crippen LogP contribution in [0.15, 0.2) is 0 Å². The first-order valence-corrected chi connectivity index (χ1v) is 9.99. The smallest absolute Gasteiger partial charge is 0.0125 e. The molecule has 3 fully saturated rings. The highest BCUT2D eigenvalue weighted by molar-refractivity contribution is 5.00. The zero-order valence-corrected chi connectivity index (χ0v) is 16.3. The molecule has 1 unspecified atom stereocenters. The molecule has 0 aromatic rings. The lowest BCUT2D eigenvalue weighted by Crippen LogP contribution is -2.42. The molecule has 23 heavy (non-hydrogen) atoms. The zero-order chi connectivity index (χ0) is 16.7. The maximum atomic E-state index is 2.81. The third-order valence-corrected chi connectivity index (χ3v) is 6.80. The monoisotopic (exact) mass is 321 g/mol. The van der Waals surface area contributed by atoms with E-state index in [2.05, 4.69) is 49.3 Å². The van der Waals surface area contributed by atoms with E-state index in [0.717, 1.165) is 12.0 Å². The van der Waals surface area contributed by atoms with Gasteiger partial charge < -0.3 is 9.80 Å². The Labute approximate surface area is 144 Å². The van der Waals surface area contributed by atoms with E-state index >= 15 is 0 Å². The lowest BCUT2D eigenvalue weighted by Gasteiger charge is -2.36. The summed E-state index contributed by atoms with van der Waals surface area (Å²) in [6.07, 6.45) is 5.68. The molecule has 0 aromatic carbocycles. The number of hydrogen-bond acceptors (Lipinski definition) is 3. The topological polar surface area (TPSA) is 9.72 Å². The number of nitrogens with zero attached hydrogens (tertiary/aromatic N) is 3. The molecule has 0 amide bonds. The van der Waals surface area contributed by atoms with E-state index in [9.17, 15) is 0 Å². The van der Waals surface area contributed by atoms with Gasteiger partial charge in [-0.25, -0.2) is 0 Å². The van der Waals surface area contributed by atoms with E-state index in [4.69, 9.17) is 0 Å². The fourth-order valence-electron chi connectivity index (χ4n) is 5.04. The minimum atomic E-state index is 0.348. The fourth-order valence-corrected chi connectivity index (χ4v) is 5.04. The Kier molecular flexibility index (Phi) is 5.11. The molecule has 3 heterocycles. The van der Waals surface area contributed by atoms with Crippen LogP contribution in [0.5, 0.6) is 0 Å². The van der Waals surface area contributed by atoms with E-state index in [1.165, 1.54) is 71.5 Å². The molecule has 0 aromatic heterocycles. The van der Waals surface area contributed by atoms with Gasteiger partial charge in [0.1, 0.15) is 0 Å². The Hall–Kier alpha value is -0.120. The second kappa shape index (κ2) is 6.65. The number of rotatable bonds is 3. The number of likely N-dealkylation sites (tertiary alicyclic amines) is 3. The molecule has 0 aliphatic carbocycles. The van der Waals surface area contributed by atoms with Crippen molar-refractivity contribution in [2.24, 2.45) is 11.3 Å². The molecule has 0 saturated carbocycles. The van der Waals surface area contributed by atoms with Crippen LogP contribution in [0.1, 0.15) is 60.3 Å². The molecule has 3 nitrogen and oxygen atoms in total. The van der Waals surface area contributed by atoms with E-state index in [0.29, 0.717) is 11.0 Å². The zero-order valence-electron chi connectivity index (χ0n) is 16.3. The first kappa shape index (κ1) is 17.7. The van der Waals surface area contributed by atoms with Crippen LogP contribution >= 0.6 is 0 Å². The molecule has 1 atom stereocenters. The second-order valence-corrected chi connectivity index (χ2v) is 9.90. The maximum absolute atomic E-state index is 2.81. The molecular weight excluding hydrogens is 282 g/mol. The van der Waals surface area contributed by atoms with E-state index in [1.54, 1.807) is 0 Å². The van der Waals surface area contributed by atoms with Crippen LogP contribution in [0.25, 0.3) is 0 Å². The largest absolute Gasteiger partial charge is 0.302 e. The highest BCUT2D eigenvalue weighted by atomic mass is 15.3. The summed E-state index contributed by atoms with van der Waals surface area (Å²) in [4.78, 5) is 8.18. The number of piperidine rings is 1. The molecule has 3 saturated heterocycles. The molecule has 0 radical (unpaired) electrons. The summed E-state index contributed by atoms with van der Waals surface area (Å²) >= 11 is 0. The highest BCUT2D eigenvalue weighted by Gasteiger charge is 2.45. The van der Waals surface area contributed by atoms with Crippen LogP contribution in [0.2, 0.25) is 0 Å². The van der Waals surface area contributed by atoms with Gasteiger partial charge in [0, 0.05) is 31.2 Å². The molecule has 3 heteroatoms. The number of hydrogen-bond donors (Lipinski definition) is 0. The average molecular weight is 322 g/mol. The van der Waals surface area contributed by atoms with Gasteiger partial charge in [-0.1, -0.05) is 0 Å². The van der Waals surface area contributed by atoms with E-state index < -0.39 is 0 Å². The summed E-state index contributed by atoms with van der Waals surface area (Å²) in [5.41, 5.74) is 0.965. The van der Waals surface area contributed by atoms with Gasteiger partial charge in [-0.15, -0.1) is 0 Å². The van der Waals surface area contributed by atoms with Crippen LogP contribution in [-0.2, 0) is 0 Å². The molecule has 134 valence electrons. The van der Waals surface area contributed by atoms with Crippen molar-refractivity contribution in [2.75, 3.05) is 45.8 Å². The summed E-state index contributed by atoms with van der Waals surface area (Å²) < 4.78 is 0. The third kappa shape index (κ3) is 4.11. The average Bonchev–Trinajstić information content (AvgIpc) is 3.07. The lowest BCUT2D eigenvalue weighted by molar-refractivity contribution is 0.121. The van der Waals surface area contributed by atoms with Gasteiger partial charge in [0.15, 0.2) is 0 Å². The third-order valence-electron chi connectivity index (χ3n) is 6.80. The van der Waals surface area contributed by atoms with Gasteiger partial charge in [-0.2, -0.15) is 0 Å². The normalized spacial score (nSPS) is 32.6. The van der Waals surface area contributed by atoms with Crippen LogP contribution in [0, 0.1) is 11.3 Å². The summed E-state index contributed by atoms with van der Waals surface area (Å²) in [5, 5.41) is 0. The van der Waals surface area contributed by atoms with Gasteiger partial charge in [0.2, 0.25) is 0 Å².